The van der Waals surface area contributed by atoms with Crippen LogP contribution in [0.3, 0.4) is 0 Å². The first kappa shape index (κ1) is 24.5. The number of hydrogen-bond donors (Lipinski definition) is 1. The van der Waals surface area contributed by atoms with Gasteiger partial charge in [0.2, 0.25) is 0 Å². The summed E-state index contributed by atoms with van der Waals surface area (Å²) in [4.78, 5) is 20.8. The first-order valence-electron chi connectivity index (χ1n) is 9.33. The van der Waals surface area contributed by atoms with E-state index in [9.17, 15) is 20.0 Å². The van der Waals surface area contributed by atoms with Crippen molar-refractivity contribution in [3.63, 3.8) is 0 Å². The number of nitrogens with zero attached hydrogens (tertiary/aromatic N) is 1. The third-order valence-electron chi connectivity index (χ3n) is 3.49. The van der Waals surface area contributed by atoms with Gasteiger partial charge in [0, 0.05) is 11.3 Å². The molecule has 0 aliphatic rings. The molecule has 2 unspecified atom stereocenters. The molecule has 0 aromatic carbocycles. The minimum Gasteiger partial charge on any atom is -0.381 e. The zero-order valence-corrected chi connectivity index (χ0v) is 16.0. The van der Waals surface area contributed by atoms with Gasteiger partial charge in [-0.2, -0.15) is 0 Å². The second-order valence-electron chi connectivity index (χ2n) is 5.78. The Hall–Kier alpha value is -2.53. The van der Waals surface area contributed by atoms with Gasteiger partial charge in [0.15, 0.2) is 0 Å². The van der Waals surface area contributed by atoms with Crippen LogP contribution in [-0.4, -0.2) is 28.5 Å². The van der Waals surface area contributed by atoms with Crippen LogP contribution in [0.1, 0.15) is 45.4 Å². The fraction of sp³-hybridized carbons (Fsp3) is 0.409. The third-order valence-corrected chi connectivity index (χ3v) is 3.49. The highest BCUT2D eigenvalue weighted by Gasteiger charge is 2.23. The summed E-state index contributed by atoms with van der Waals surface area (Å²) in [5, 5.41) is 21.1. The highest BCUT2D eigenvalue weighted by Crippen LogP contribution is 2.04. The number of carbonyl (C=O) groups is 1. The third kappa shape index (κ3) is 15.4. The second kappa shape index (κ2) is 18.3. The molecule has 27 heavy (non-hydrogen) atoms. The van der Waals surface area contributed by atoms with E-state index in [0.29, 0.717) is 19.3 Å². The van der Waals surface area contributed by atoms with Crippen molar-refractivity contribution in [2.45, 2.75) is 57.6 Å². The van der Waals surface area contributed by atoms with E-state index in [-0.39, 0.29) is 0 Å². The molecule has 0 fully saturated rings. The van der Waals surface area contributed by atoms with E-state index in [0.717, 1.165) is 25.5 Å². The van der Waals surface area contributed by atoms with Crippen molar-refractivity contribution in [2.24, 2.45) is 0 Å². The van der Waals surface area contributed by atoms with Crippen molar-refractivity contribution in [3.05, 3.63) is 83.0 Å². The van der Waals surface area contributed by atoms with E-state index in [1.54, 1.807) is 18.2 Å². The molecular formula is C22H31NO4. The highest BCUT2D eigenvalue weighted by molar-refractivity contribution is 5.49. The molecule has 0 aromatic rings. The van der Waals surface area contributed by atoms with Crippen molar-refractivity contribution >= 4 is 6.29 Å². The number of carbonyl (C=O) groups excluding carboxylic acids is 1. The van der Waals surface area contributed by atoms with E-state index in [2.05, 4.69) is 19.1 Å². The van der Waals surface area contributed by atoms with Gasteiger partial charge in [-0.15, -0.1) is 0 Å². The highest BCUT2D eigenvalue weighted by atomic mass is 16.6. The largest absolute Gasteiger partial charge is 0.381 e. The van der Waals surface area contributed by atoms with Crippen LogP contribution in [0.15, 0.2) is 72.9 Å². The number of hydrogen-bond acceptors (Lipinski definition) is 4. The quantitative estimate of drug-likeness (QED) is 0.111. The van der Waals surface area contributed by atoms with E-state index in [1.807, 2.05) is 30.4 Å². The summed E-state index contributed by atoms with van der Waals surface area (Å²) in [6.45, 7) is 2.08. The molecule has 0 spiro atoms. The molecule has 1 N–H and O–H groups in total. The molecule has 0 bridgehead atoms. The van der Waals surface area contributed by atoms with Crippen molar-refractivity contribution in [1.82, 2.24) is 0 Å². The maximum atomic E-state index is 11.1. The minimum atomic E-state index is -1.18. The first-order valence-corrected chi connectivity index (χ1v) is 9.33. The van der Waals surface area contributed by atoms with Crippen molar-refractivity contribution in [2.75, 3.05) is 0 Å². The fourth-order valence-electron chi connectivity index (χ4n) is 2.05. The number of aliphatic hydroxyl groups excluding tert-OH is 1. The Morgan fingerprint density at radius 2 is 1.48 bits per heavy atom. The zero-order chi connectivity index (χ0) is 20.2. The molecule has 0 saturated heterocycles. The molecular weight excluding hydrogens is 342 g/mol. The van der Waals surface area contributed by atoms with Crippen LogP contribution in [0, 0.1) is 10.1 Å². The van der Waals surface area contributed by atoms with Crippen LogP contribution < -0.4 is 0 Å². The normalized spacial score (nSPS) is 15.2. The standard InChI is InChI=1S/C22H31NO4/c1-2-3-4-5-6-10-13-16-19-22(25)21(23(26)27)18-15-12-9-7-8-11-14-17-20-24/h3-4,6,8-12,15-16,18-22,25H,2,5,7,13-14,17H2,1H3/b4-3-,10-6-,11-8-,12-9-,18-15-,19-16-. The van der Waals surface area contributed by atoms with Crippen molar-refractivity contribution in [3.8, 4) is 0 Å². The first-order chi connectivity index (χ1) is 13.1. The molecule has 2 atom stereocenters. The van der Waals surface area contributed by atoms with Gasteiger partial charge in [0.05, 0.1) is 0 Å². The summed E-state index contributed by atoms with van der Waals surface area (Å²) in [5.74, 6) is 0. The lowest BCUT2D eigenvalue weighted by Crippen LogP contribution is -2.30. The average molecular weight is 373 g/mol. The Bertz CT molecular complexity index is 571. The summed E-state index contributed by atoms with van der Waals surface area (Å²) in [6, 6.07) is -1.18. The lowest BCUT2D eigenvalue weighted by molar-refractivity contribution is -0.518. The monoisotopic (exact) mass is 373 g/mol. The van der Waals surface area contributed by atoms with Crippen molar-refractivity contribution < 1.29 is 14.8 Å². The fourth-order valence-corrected chi connectivity index (χ4v) is 2.05. The van der Waals surface area contributed by atoms with Gasteiger partial charge in [-0.3, -0.25) is 10.1 Å². The van der Waals surface area contributed by atoms with Gasteiger partial charge in [0.1, 0.15) is 12.4 Å². The number of nitro groups is 1. The molecule has 0 aliphatic carbocycles. The van der Waals surface area contributed by atoms with Gasteiger partial charge < -0.3 is 9.90 Å². The van der Waals surface area contributed by atoms with Gasteiger partial charge in [-0.25, -0.2) is 0 Å². The van der Waals surface area contributed by atoms with Crippen LogP contribution in [0.4, 0.5) is 0 Å². The molecule has 0 aliphatic heterocycles. The van der Waals surface area contributed by atoms with E-state index in [4.69, 9.17) is 0 Å². The minimum absolute atomic E-state index is 0.496. The molecule has 148 valence electrons. The molecule has 0 heterocycles. The summed E-state index contributed by atoms with van der Waals surface area (Å²) in [5.41, 5.74) is 0. The maximum Gasteiger partial charge on any atom is 0.260 e. The SMILES string of the molecule is CC/C=C\C/C=C\C/C=C\C(O)C(/C=C\C=C/C/C=C\CCC=O)[N+](=O)[O-]. The smallest absolute Gasteiger partial charge is 0.260 e. The maximum absolute atomic E-state index is 11.1. The molecule has 5 heteroatoms. The van der Waals surface area contributed by atoms with Crippen LogP contribution >= 0.6 is 0 Å². The number of aldehydes is 1. The van der Waals surface area contributed by atoms with Crippen LogP contribution in [0.2, 0.25) is 0 Å². The molecule has 5 nitrogen and oxygen atoms in total. The van der Waals surface area contributed by atoms with Gasteiger partial charge >= 0.3 is 0 Å². The zero-order valence-electron chi connectivity index (χ0n) is 16.0. The lowest BCUT2D eigenvalue weighted by atomic mass is 10.1. The Morgan fingerprint density at radius 3 is 2.15 bits per heavy atom. The molecule has 0 rings (SSSR count). The number of allylic oxidation sites excluding steroid dienone is 10. The number of rotatable bonds is 15. The Kier molecular flexibility index (Phi) is 16.6. The van der Waals surface area contributed by atoms with Gasteiger partial charge in [-0.1, -0.05) is 73.8 Å². The average Bonchev–Trinajstić information content (AvgIpc) is 2.65. The van der Waals surface area contributed by atoms with Crippen LogP contribution in [0.5, 0.6) is 0 Å². The summed E-state index contributed by atoms with van der Waals surface area (Å²) in [6.07, 6.45) is 25.9. The van der Waals surface area contributed by atoms with Crippen LogP contribution in [0.25, 0.3) is 0 Å². The predicted octanol–water partition coefficient (Wildman–Crippen LogP) is 4.89. The molecule has 0 aromatic heterocycles. The van der Waals surface area contributed by atoms with E-state index in [1.165, 1.54) is 12.2 Å². The summed E-state index contributed by atoms with van der Waals surface area (Å²) < 4.78 is 0. The molecule has 0 amide bonds. The Labute approximate surface area is 162 Å². The molecule has 0 radical (unpaired) electrons. The predicted molar refractivity (Wildman–Crippen MR) is 111 cm³/mol. The Morgan fingerprint density at radius 1 is 0.852 bits per heavy atom. The van der Waals surface area contributed by atoms with Crippen molar-refractivity contribution in [1.29, 1.82) is 0 Å². The van der Waals surface area contributed by atoms with Crippen LogP contribution in [-0.2, 0) is 4.79 Å². The summed E-state index contributed by atoms with van der Waals surface area (Å²) in [7, 11) is 0. The number of unbranched alkanes of at least 4 members (excludes halogenated alkanes) is 1. The van der Waals surface area contributed by atoms with E-state index >= 15 is 0 Å². The second-order valence-corrected chi connectivity index (χ2v) is 5.78. The van der Waals surface area contributed by atoms with E-state index < -0.39 is 17.1 Å². The van der Waals surface area contributed by atoms with Gasteiger partial charge in [-0.05, 0) is 38.2 Å². The van der Waals surface area contributed by atoms with Gasteiger partial charge in [0.25, 0.3) is 6.04 Å². The number of aliphatic hydroxyl groups is 1. The lowest BCUT2D eigenvalue weighted by Gasteiger charge is -2.08. The Balaban J connectivity index is 4.34. The molecule has 0 saturated carbocycles. The summed E-state index contributed by atoms with van der Waals surface area (Å²) >= 11 is 0. The topological polar surface area (TPSA) is 80.4 Å².